The molecule has 5 rings (SSSR count). The number of anilines is 2. The van der Waals surface area contributed by atoms with E-state index in [1.54, 1.807) is 0 Å². The van der Waals surface area contributed by atoms with Crippen molar-refractivity contribution in [3.8, 4) is 0 Å². The van der Waals surface area contributed by atoms with Crippen molar-refractivity contribution < 1.29 is 4.79 Å². The van der Waals surface area contributed by atoms with Crippen LogP contribution in [0.25, 0.3) is 0 Å². The predicted octanol–water partition coefficient (Wildman–Crippen LogP) is 4.37. The Morgan fingerprint density at radius 2 is 1.55 bits per heavy atom. The number of rotatable bonds is 3. The Balaban J connectivity index is 1.20. The molecule has 0 unspecified atom stereocenters. The zero-order valence-corrected chi connectivity index (χ0v) is 19.0. The van der Waals surface area contributed by atoms with Crippen molar-refractivity contribution in [1.82, 2.24) is 9.88 Å². The van der Waals surface area contributed by atoms with E-state index in [-0.39, 0.29) is 5.91 Å². The second kappa shape index (κ2) is 8.71. The van der Waals surface area contributed by atoms with Gasteiger partial charge in [0.1, 0.15) is 5.82 Å². The first kappa shape index (κ1) is 20.1. The lowest BCUT2D eigenvalue weighted by molar-refractivity contribution is 0.0746. The third-order valence-electron chi connectivity index (χ3n) is 6.21. The van der Waals surface area contributed by atoms with Gasteiger partial charge in [0.25, 0.3) is 5.91 Å². The number of nitrogens with zero attached hydrogens (tertiary/aromatic N) is 4. The van der Waals surface area contributed by atoms with Crippen molar-refractivity contribution in [2.24, 2.45) is 0 Å². The van der Waals surface area contributed by atoms with Gasteiger partial charge >= 0.3 is 0 Å². The molecule has 2 aliphatic heterocycles. The molecule has 1 saturated heterocycles. The molecular weight excluding hydrogens is 452 g/mol. The van der Waals surface area contributed by atoms with Gasteiger partial charge in [-0.15, -0.1) is 0 Å². The Morgan fingerprint density at radius 3 is 2.26 bits per heavy atom. The molecule has 0 spiro atoms. The molecule has 5 nitrogen and oxygen atoms in total. The number of benzene rings is 2. The molecule has 1 aromatic heterocycles. The van der Waals surface area contributed by atoms with Crippen molar-refractivity contribution in [1.29, 1.82) is 0 Å². The third kappa shape index (κ3) is 4.30. The number of carbonyl (C=O) groups is 1. The monoisotopic (exact) mass is 476 g/mol. The van der Waals surface area contributed by atoms with Gasteiger partial charge in [0.15, 0.2) is 0 Å². The molecule has 0 radical (unpaired) electrons. The normalized spacial score (nSPS) is 16.2. The second-order valence-corrected chi connectivity index (χ2v) is 9.02. The first-order valence-corrected chi connectivity index (χ1v) is 11.5. The number of hydrogen-bond donors (Lipinski definition) is 0. The van der Waals surface area contributed by atoms with Gasteiger partial charge in [-0.1, -0.05) is 24.3 Å². The van der Waals surface area contributed by atoms with Crippen LogP contribution in [0.15, 0.2) is 71.3 Å². The van der Waals surface area contributed by atoms with Crippen LogP contribution in [0.4, 0.5) is 11.5 Å². The summed E-state index contributed by atoms with van der Waals surface area (Å²) in [5, 5.41) is 0. The number of piperazine rings is 1. The minimum absolute atomic E-state index is 0.110. The van der Waals surface area contributed by atoms with Crippen LogP contribution in [-0.2, 0) is 13.0 Å². The van der Waals surface area contributed by atoms with Crippen LogP contribution < -0.4 is 9.80 Å². The van der Waals surface area contributed by atoms with E-state index in [1.165, 1.54) is 16.8 Å². The van der Waals surface area contributed by atoms with Crippen molar-refractivity contribution >= 4 is 33.3 Å². The van der Waals surface area contributed by atoms with E-state index >= 15 is 0 Å². The number of halogens is 1. The molecule has 0 saturated carbocycles. The molecular formula is C25H25BrN4O. The third-order valence-corrected chi connectivity index (χ3v) is 6.68. The standard InChI is InChI=1S/C25H25BrN4O/c26-22-7-10-24(27-17-22)28-13-15-29(16-14-28)25(31)20-5-8-23(9-6-20)30-12-11-19-3-1-2-4-21(19)18-30/h1-10,17H,11-16,18H2. The SMILES string of the molecule is O=C(c1ccc(N2CCc3ccccc3C2)cc1)N1CCN(c2ccc(Br)cn2)CC1. The molecule has 1 amide bonds. The topological polar surface area (TPSA) is 39.7 Å². The molecule has 158 valence electrons. The van der Waals surface area contributed by atoms with E-state index in [0.29, 0.717) is 13.1 Å². The van der Waals surface area contributed by atoms with E-state index in [2.05, 4.69) is 67.1 Å². The van der Waals surface area contributed by atoms with Gasteiger partial charge in [0, 0.05) is 61.2 Å². The van der Waals surface area contributed by atoms with Gasteiger partial charge < -0.3 is 14.7 Å². The number of fused-ring (bicyclic) bond motifs is 1. The minimum Gasteiger partial charge on any atom is -0.367 e. The van der Waals surface area contributed by atoms with E-state index in [1.807, 2.05) is 35.4 Å². The van der Waals surface area contributed by atoms with Crippen LogP contribution in [0.2, 0.25) is 0 Å². The van der Waals surface area contributed by atoms with E-state index in [4.69, 9.17) is 0 Å². The Hall–Kier alpha value is -2.86. The van der Waals surface area contributed by atoms with E-state index in [9.17, 15) is 4.79 Å². The molecule has 0 atom stereocenters. The first-order chi connectivity index (χ1) is 15.2. The van der Waals surface area contributed by atoms with Gasteiger partial charge in [0.2, 0.25) is 0 Å². The number of amides is 1. The molecule has 31 heavy (non-hydrogen) atoms. The number of pyridine rings is 1. The lowest BCUT2D eigenvalue weighted by Gasteiger charge is -2.35. The highest BCUT2D eigenvalue weighted by Gasteiger charge is 2.23. The highest BCUT2D eigenvalue weighted by Crippen LogP contribution is 2.25. The first-order valence-electron chi connectivity index (χ1n) is 10.7. The van der Waals surface area contributed by atoms with Gasteiger partial charge in [-0.25, -0.2) is 4.98 Å². The average molecular weight is 477 g/mol. The molecule has 1 fully saturated rings. The highest BCUT2D eigenvalue weighted by molar-refractivity contribution is 9.10. The molecule has 6 heteroatoms. The van der Waals surface area contributed by atoms with Crippen molar-refractivity contribution in [3.63, 3.8) is 0 Å². The van der Waals surface area contributed by atoms with Gasteiger partial charge in [-0.05, 0) is 69.9 Å². The highest BCUT2D eigenvalue weighted by atomic mass is 79.9. The smallest absolute Gasteiger partial charge is 0.253 e. The number of carbonyl (C=O) groups excluding carboxylic acids is 1. The molecule has 0 bridgehead atoms. The Morgan fingerprint density at radius 1 is 0.806 bits per heavy atom. The average Bonchev–Trinajstić information content (AvgIpc) is 2.84. The molecule has 0 aliphatic carbocycles. The lowest BCUT2D eigenvalue weighted by atomic mass is 9.99. The summed E-state index contributed by atoms with van der Waals surface area (Å²) in [7, 11) is 0. The zero-order chi connectivity index (χ0) is 21.2. The summed E-state index contributed by atoms with van der Waals surface area (Å²) >= 11 is 3.42. The summed E-state index contributed by atoms with van der Waals surface area (Å²) in [6.45, 7) is 4.95. The maximum Gasteiger partial charge on any atom is 0.253 e. The fraction of sp³-hybridized carbons (Fsp3) is 0.280. The van der Waals surface area contributed by atoms with Gasteiger partial charge in [-0.3, -0.25) is 4.79 Å². The molecule has 0 N–H and O–H groups in total. The Labute approximate surface area is 191 Å². The van der Waals surface area contributed by atoms with Crippen LogP contribution in [0.1, 0.15) is 21.5 Å². The number of hydrogen-bond acceptors (Lipinski definition) is 4. The van der Waals surface area contributed by atoms with Crippen LogP contribution in [-0.4, -0.2) is 48.5 Å². The van der Waals surface area contributed by atoms with Gasteiger partial charge in [-0.2, -0.15) is 0 Å². The van der Waals surface area contributed by atoms with E-state index in [0.717, 1.165) is 48.5 Å². The fourth-order valence-corrected chi connectivity index (χ4v) is 4.64. The summed E-state index contributed by atoms with van der Waals surface area (Å²) in [5.74, 6) is 1.07. The minimum atomic E-state index is 0.110. The predicted molar refractivity (Wildman–Crippen MR) is 128 cm³/mol. The van der Waals surface area contributed by atoms with Crippen LogP contribution in [0, 0.1) is 0 Å². The summed E-state index contributed by atoms with van der Waals surface area (Å²) < 4.78 is 0.974. The maximum atomic E-state index is 13.0. The maximum absolute atomic E-state index is 13.0. The van der Waals surface area contributed by atoms with Crippen molar-refractivity contribution in [2.45, 2.75) is 13.0 Å². The molecule has 3 aromatic rings. The van der Waals surface area contributed by atoms with Crippen molar-refractivity contribution in [3.05, 3.63) is 88.0 Å². The molecule has 3 heterocycles. The van der Waals surface area contributed by atoms with Gasteiger partial charge in [0.05, 0.1) is 0 Å². The van der Waals surface area contributed by atoms with Crippen LogP contribution in [0.3, 0.4) is 0 Å². The quantitative estimate of drug-likeness (QED) is 0.562. The van der Waals surface area contributed by atoms with Crippen LogP contribution >= 0.6 is 15.9 Å². The van der Waals surface area contributed by atoms with Crippen molar-refractivity contribution in [2.75, 3.05) is 42.5 Å². The zero-order valence-electron chi connectivity index (χ0n) is 17.4. The van der Waals surface area contributed by atoms with Crippen LogP contribution in [0.5, 0.6) is 0 Å². The number of aromatic nitrogens is 1. The fourth-order valence-electron chi connectivity index (χ4n) is 4.41. The summed E-state index contributed by atoms with van der Waals surface area (Å²) in [6, 6.07) is 20.8. The lowest BCUT2D eigenvalue weighted by Crippen LogP contribution is -2.49. The summed E-state index contributed by atoms with van der Waals surface area (Å²) in [4.78, 5) is 24.0. The Bertz CT molecular complexity index is 1060. The van der Waals surface area contributed by atoms with E-state index < -0.39 is 0 Å². The summed E-state index contributed by atoms with van der Waals surface area (Å²) in [5.41, 5.74) is 4.78. The summed E-state index contributed by atoms with van der Waals surface area (Å²) in [6.07, 6.45) is 2.88. The Kier molecular flexibility index (Phi) is 5.64. The molecule has 2 aromatic carbocycles. The molecule has 2 aliphatic rings. The second-order valence-electron chi connectivity index (χ2n) is 8.10. The largest absolute Gasteiger partial charge is 0.367 e.